The lowest BCUT2D eigenvalue weighted by atomic mass is 10.0. The van der Waals surface area contributed by atoms with Crippen LogP contribution in [-0.4, -0.2) is 15.6 Å². The summed E-state index contributed by atoms with van der Waals surface area (Å²) < 4.78 is 2.36. The van der Waals surface area contributed by atoms with E-state index >= 15 is 0 Å². The van der Waals surface area contributed by atoms with Crippen molar-refractivity contribution < 1.29 is 9.90 Å². The fourth-order valence-electron chi connectivity index (χ4n) is 3.81. The second-order valence-electron chi connectivity index (χ2n) is 6.73. The molecule has 1 aromatic heterocycles. The molecule has 0 amide bonds. The summed E-state index contributed by atoms with van der Waals surface area (Å²) in [6, 6.07) is 23.1. The lowest BCUT2D eigenvalue weighted by Crippen LogP contribution is -2.03. The minimum Gasteiger partial charge on any atom is -0.481 e. The number of aliphatic carboxylic acids is 1. The van der Waals surface area contributed by atoms with Crippen molar-refractivity contribution in [2.75, 3.05) is 0 Å². The second-order valence-corrected chi connectivity index (χ2v) is 6.73. The minimum atomic E-state index is -0.755. The van der Waals surface area contributed by atoms with Crippen LogP contribution < -0.4 is 0 Å². The van der Waals surface area contributed by atoms with Gasteiger partial charge in [-0.1, -0.05) is 60.7 Å². The van der Waals surface area contributed by atoms with Crippen molar-refractivity contribution in [1.82, 2.24) is 4.57 Å². The molecule has 0 bridgehead atoms. The zero-order valence-corrected chi connectivity index (χ0v) is 14.8. The molecule has 0 aliphatic heterocycles. The van der Waals surface area contributed by atoms with Gasteiger partial charge in [-0.2, -0.15) is 0 Å². The van der Waals surface area contributed by atoms with E-state index in [-0.39, 0.29) is 6.42 Å². The van der Waals surface area contributed by atoms with Crippen molar-refractivity contribution in [3.63, 3.8) is 0 Å². The van der Waals surface area contributed by atoms with Gasteiger partial charge >= 0.3 is 5.97 Å². The van der Waals surface area contributed by atoms with Crippen molar-refractivity contribution in [2.45, 2.75) is 26.3 Å². The van der Waals surface area contributed by atoms with Gasteiger partial charge in [0.1, 0.15) is 0 Å². The van der Waals surface area contributed by atoms with E-state index in [2.05, 4.69) is 72.2 Å². The molecule has 0 aliphatic carbocycles. The predicted molar refractivity (Wildman–Crippen MR) is 106 cm³/mol. The number of carbonyl (C=O) groups is 1. The number of nitrogens with zero attached hydrogens (tertiary/aromatic N) is 1. The Kier molecular flexibility index (Phi) is 4.21. The number of aryl methyl sites for hydroxylation is 2. The van der Waals surface area contributed by atoms with Gasteiger partial charge in [0.25, 0.3) is 0 Å². The van der Waals surface area contributed by atoms with Gasteiger partial charge in [0, 0.05) is 29.3 Å². The molecule has 0 unspecified atom stereocenters. The number of hydrogen-bond acceptors (Lipinski definition) is 1. The third-order valence-corrected chi connectivity index (χ3v) is 5.09. The van der Waals surface area contributed by atoms with Gasteiger partial charge in [-0.3, -0.25) is 4.79 Å². The first-order chi connectivity index (χ1) is 12.6. The van der Waals surface area contributed by atoms with Crippen LogP contribution >= 0.6 is 0 Å². The zero-order chi connectivity index (χ0) is 18.1. The smallest absolute Gasteiger partial charge is 0.303 e. The number of rotatable bonds is 5. The Labute approximate surface area is 152 Å². The summed E-state index contributed by atoms with van der Waals surface area (Å²) in [6.45, 7) is 2.91. The molecule has 0 saturated heterocycles. The summed E-state index contributed by atoms with van der Waals surface area (Å²) >= 11 is 0. The summed E-state index contributed by atoms with van der Waals surface area (Å²) in [5.41, 5.74) is 5.96. The highest BCUT2D eigenvalue weighted by Gasteiger charge is 2.15. The summed E-state index contributed by atoms with van der Waals surface area (Å²) in [6.07, 6.45) is 0.717. The number of fused-ring (bicyclic) bond motifs is 3. The maximum Gasteiger partial charge on any atom is 0.303 e. The molecule has 1 N–H and O–H groups in total. The van der Waals surface area contributed by atoms with E-state index in [0.29, 0.717) is 6.42 Å². The number of para-hydroxylation sites is 1. The van der Waals surface area contributed by atoms with Crippen LogP contribution in [0.25, 0.3) is 21.8 Å². The third-order valence-electron chi connectivity index (χ3n) is 5.09. The lowest BCUT2D eigenvalue weighted by Gasteiger charge is -2.12. The molecule has 0 saturated carbocycles. The topological polar surface area (TPSA) is 42.2 Å². The molecule has 4 rings (SSSR count). The molecule has 3 heteroatoms. The predicted octanol–water partition coefficient (Wildman–Crippen LogP) is 5.17. The lowest BCUT2D eigenvalue weighted by molar-refractivity contribution is -0.136. The summed E-state index contributed by atoms with van der Waals surface area (Å²) in [5.74, 6) is -0.755. The molecule has 0 fully saturated rings. The zero-order valence-electron chi connectivity index (χ0n) is 14.8. The maximum absolute atomic E-state index is 11.0. The normalized spacial score (nSPS) is 11.3. The first-order valence-electron chi connectivity index (χ1n) is 8.90. The second kappa shape index (κ2) is 6.68. The van der Waals surface area contributed by atoms with Gasteiger partial charge < -0.3 is 9.67 Å². The molecule has 3 nitrogen and oxygen atoms in total. The van der Waals surface area contributed by atoms with E-state index in [4.69, 9.17) is 5.11 Å². The SMILES string of the molecule is Cc1c(CCC(=O)O)ccc2c3ccccc3n(Cc3ccccc3)c12. The molecule has 1 heterocycles. The molecule has 0 aliphatic rings. The van der Waals surface area contributed by atoms with Crippen molar-refractivity contribution in [3.8, 4) is 0 Å². The Hall–Kier alpha value is -3.07. The highest BCUT2D eigenvalue weighted by atomic mass is 16.4. The van der Waals surface area contributed by atoms with Crippen LogP contribution in [-0.2, 0) is 17.8 Å². The first kappa shape index (κ1) is 16.4. The molecular formula is C23H21NO2. The quantitative estimate of drug-likeness (QED) is 0.543. The van der Waals surface area contributed by atoms with Crippen LogP contribution in [0.2, 0.25) is 0 Å². The third kappa shape index (κ3) is 2.86. The molecule has 3 aromatic carbocycles. The molecule has 26 heavy (non-hydrogen) atoms. The van der Waals surface area contributed by atoms with Gasteiger partial charge in [-0.15, -0.1) is 0 Å². The van der Waals surface area contributed by atoms with Gasteiger partial charge in [0.15, 0.2) is 0 Å². The van der Waals surface area contributed by atoms with E-state index in [1.165, 1.54) is 32.9 Å². The van der Waals surface area contributed by atoms with Crippen molar-refractivity contribution >= 4 is 27.8 Å². The highest BCUT2D eigenvalue weighted by Crippen LogP contribution is 2.33. The molecule has 0 atom stereocenters. The van der Waals surface area contributed by atoms with Crippen LogP contribution in [0.5, 0.6) is 0 Å². The monoisotopic (exact) mass is 343 g/mol. The summed E-state index contributed by atoms with van der Waals surface area (Å²) in [7, 11) is 0. The summed E-state index contributed by atoms with van der Waals surface area (Å²) in [5, 5.41) is 11.5. The van der Waals surface area contributed by atoms with Crippen LogP contribution in [0, 0.1) is 6.92 Å². The van der Waals surface area contributed by atoms with Crippen LogP contribution in [0.15, 0.2) is 66.7 Å². The fourth-order valence-corrected chi connectivity index (χ4v) is 3.81. The average Bonchev–Trinajstić information content (AvgIpc) is 2.97. The molecule has 0 spiro atoms. The van der Waals surface area contributed by atoms with Gasteiger partial charge in [-0.05, 0) is 36.1 Å². The van der Waals surface area contributed by atoms with Crippen LogP contribution in [0.1, 0.15) is 23.1 Å². The Morgan fingerprint density at radius 2 is 1.65 bits per heavy atom. The average molecular weight is 343 g/mol. The first-order valence-corrected chi connectivity index (χ1v) is 8.90. The van der Waals surface area contributed by atoms with E-state index in [0.717, 1.165) is 12.1 Å². The number of carboxylic acid groups (broad SMARTS) is 1. The van der Waals surface area contributed by atoms with Crippen LogP contribution in [0.4, 0.5) is 0 Å². The molecule has 0 radical (unpaired) electrons. The maximum atomic E-state index is 11.0. The van der Waals surface area contributed by atoms with Crippen molar-refractivity contribution in [1.29, 1.82) is 0 Å². The Balaban J connectivity index is 1.93. The Morgan fingerprint density at radius 1 is 0.923 bits per heavy atom. The van der Waals surface area contributed by atoms with Crippen molar-refractivity contribution in [2.24, 2.45) is 0 Å². The molecule has 130 valence electrons. The van der Waals surface area contributed by atoms with E-state index < -0.39 is 5.97 Å². The number of aromatic nitrogens is 1. The molecular weight excluding hydrogens is 322 g/mol. The number of carboxylic acids is 1. The van der Waals surface area contributed by atoms with Crippen LogP contribution in [0.3, 0.4) is 0 Å². The van der Waals surface area contributed by atoms with E-state index in [1.54, 1.807) is 0 Å². The van der Waals surface area contributed by atoms with Gasteiger partial charge in [0.05, 0.1) is 5.52 Å². The van der Waals surface area contributed by atoms with Gasteiger partial charge in [-0.25, -0.2) is 0 Å². The number of benzene rings is 3. The minimum absolute atomic E-state index is 0.158. The van der Waals surface area contributed by atoms with Crippen molar-refractivity contribution in [3.05, 3.63) is 83.4 Å². The van der Waals surface area contributed by atoms with Gasteiger partial charge in [0.2, 0.25) is 0 Å². The molecule has 4 aromatic rings. The fraction of sp³-hybridized carbons (Fsp3) is 0.174. The largest absolute Gasteiger partial charge is 0.481 e. The van der Waals surface area contributed by atoms with E-state index in [9.17, 15) is 4.79 Å². The Morgan fingerprint density at radius 3 is 2.42 bits per heavy atom. The standard InChI is InChI=1S/C23H21NO2/c1-16-18(12-14-22(25)26)11-13-20-19-9-5-6-10-21(19)24(23(16)20)15-17-7-3-2-4-8-17/h2-11,13H,12,14-15H2,1H3,(H,25,26). The Bertz CT molecular complexity index is 1090. The van der Waals surface area contributed by atoms with E-state index in [1.807, 2.05) is 6.07 Å². The summed E-state index contributed by atoms with van der Waals surface area (Å²) in [4.78, 5) is 11.0. The number of hydrogen-bond donors (Lipinski definition) is 1. The highest BCUT2D eigenvalue weighted by molar-refractivity contribution is 6.09.